The first-order chi connectivity index (χ1) is 9.81. The fourth-order valence-corrected chi connectivity index (χ4v) is 3.24. The van der Waals surface area contributed by atoms with Crippen molar-refractivity contribution in [2.24, 2.45) is 0 Å². The van der Waals surface area contributed by atoms with Crippen molar-refractivity contribution in [3.63, 3.8) is 0 Å². The van der Waals surface area contributed by atoms with Crippen LogP contribution in [-0.2, 0) is 13.0 Å². The predicted molar refractivity (Wildman–Crippen MR) is 81.9 cm³/mol. The zero-order chi connectivity index (χ0) is 13.8. The van der Waals surface area contributed by atoms with Gasteiger partial charge in [0, 0.05) is 24.4 Å². The van der Waals surface area contributed by atoms with Gasteiger partial charge >= 0.3 is 0 Å². The van der Waals surface area contributed by atoms with Crippen molar-refractivity contribution < 1.29 is 5.11 Å². The highest BCUT2D eigenvalue weighted by atomic mass is 32.1. The summed E-state index contributed by atoms with van der Waals surface area (Å²) in [5.41, 5.74) is 2.27. The number of thiazole rings is 1. The third kappa shape index (κ3) is 3.88. The Bertz CT molecular complexity index is 536. The molecule has 4 heteroatoms. The molecular weight excluding hydrogens is 268 g/mol. The molecule has 1 fully saturated rings. The summed E-state index contributed by atoms with van der Waals surface area (Å²) in [5.74, 6) is 0.734. The van der Waals surface area contributed by atoms with E-state index in [4.69, 9.17) is 0 Å². The zero-order valence-electron chi connectivity index (χ0n) is 11.5. The fourth-order valence-electron chi connectivity index (χ4n) is 2.25. The Labute approximate surface area is 123 Å². The van der Waals surface area contributed by atoms with E-state index in [2.05, 4.69) is 15.7 Å². The van der Waals surface area contributed by atoms with E-state index in [0.29, 0.717) is 13.0 Å². The molecule has 1 aromatic carbocycles. The first-order valence-corrected chi connectivity index (χ1v) is 8.06. The molecule has 0 spiro atoms. The number of aliphatic hydroxyl groups is 1. The monoisotopic (exact) mass is 288 g/mol. The highest BCUT2D eigenvalue weighted by Crippen LogP contribution is 2.41. The van der Waals surface area contributed by atoms with Gasteiger partial charge in [0.25, 0.3) is 0 Å². The van der Waals surface area contributed by atoms with Gasteiger partial charge < -0.3 is 10.4 Å². The third-order valence-electron chi connectivity index (χ3n) is 3.50. The van der Waals surface area contributed by atoms with Gasteiger partial charge in [-0.2, -0.15) is 0 Å². The molecule has 1 aromatic heterocycles. The molecule has 0 aliphatic heterocycles. The SMILES string of the molecule is OC(CNCc1csc(C2CC2)n1)Cc1ccccc1. The van der Waals surface area contributed by atoms with Crippen LogP contribution in [0.5, 0.6) is 0 Å². The van der Waals surface area contributed by atoms with Gasteiger partial charge in [-0.05, 0) is 24.8 Å². The minimum Gasteiger partial charge on any atom is -0.391 e. The third-order valence-corrected chi connectivity index (χ3v) is 4.55. The molecule has 1 aliphatic rings. The molecule has 0 amide bonds. The summed E-state index contributed by atoms with van der Waals surface area (Å²) in [7, 11) is 0. The van der Waals surface area contributed by atoms with Crippen LogP contribution in [-0.4, -0.2) is 22.7 Å². The van der Waals surface area contributed by atoms with Gasteiger partial charge in [0.1, 0.15) is 0 Å². The highest BCUT2D eigenvalue weighted by molar-refractivity contribution is 7.09. The molecular formula is C16H20N2OS. The number of aliphatic hydroxyl groups excluding tert-OH is 1. The smallest absolute Gasteiger partial charge is 0.0959 e. The van der Waals surface area contributed by atoms with Crippen LogP contribution in [0.4, 0.5) is 0 Å². The van der Waals surface area contributed by atoms with Crippen LogP contribution in [0.1, 0.15) is 35.0 Å². The van der Waals surface area contributed by atoms with Gasteiger partial charge in [0.05, 0.1) is 16.8 Å². The van der Waals surface area contributed by atoms with Crippen LogP contribution in [0.25, 0.3) is 0 Å². The van der Waals surface area contributed by atoms with E-state index in [1.807, 2.05) is 30.3 Å². The van der Waals surface area contributed by atoms with E-state index < -0.39 is 0 Å². The van der Waals surface area contributed by atoms with Crippen LogP contribution in [0.15, 0.2) is 35.7 Å². The van der Waals surface area contributed by atoms with E-state index in [1.54, 1.807) is 11.3 Å². The van der Waals surface area contributed by atoms with E-state index in [9.17, 15) is 5.11 Å². The molecule has 0 radical (unpaired) electrons. The number of hydrogen-bond donors (Lipinski definition) is 2. The van der Waals surface area contributed by atoms with Crippen molar-refractivity contribution in [3.05, 3.63) is 52.0 Å². The molecule has 1 unspecified atom stereocenters. The van der Waals surface area contributed by atoms with E-state index in [0.717, 1.165) is 18.2 Å². The number of rotatable bonds is 7. The molecule has 2 N–H and O–H groups in total. The maximum atomic E-state index is 10.0. The van der Waals surface area contributed by atoms with E-state index >= 15 is 0 Å². The molecule has 3 nitrogen and oxygen atoms in total. The quantitative estimate of drug-likeness (QED) is 0.823. The fraction of sp³-hybridized carbons (Fsp3) is 0.438. The summed E-state index contributed by atoms with van der Waals surface area (Å²) in [6.45, 7) is 1.35. The molecule has 1 heterocycles. The van der Waals surface area contributed by atoms with Crippen molar-refractivity contribution in [2.75, 3.05) is 6.54 Å². The average Bonchev–Trinajstić information content (AvgIpc) is 3.20. The summed E-state index contributed by atoms with van der Waals surface area (Å²) in [6, 6.07) is 10.1. The van der Waals surface area contributed by atoms with E-state index in [-0.39, 0.29) is 6.10 Å². The molecule has 3 rings (SSSR count). The topological polar surface area (TPSA) is 45.1 Å². The lowest BCUT2D eigenvalue weighted by Crippen LogP contribution is -2.28. The molecule has 1 saturated carbocycles. The Morgan fingerprint density at radius 1 is 1.30 bits per heavy atom. The van der Waals surface area contributed by atoms with Gasteiger partial charge in [-0.15, -0.1) is 11.3 Å². The van der Waals surface area contributed by atoms with Gasteiger partial charge in [0.15, 0.2) is 0 Å². The second-order valence-corrected chi connectivity index (χ2v) is 6.32. The zero-order valence-corrected chi connectivity index (χ0v) is 12.3. The van der Waals surface area contributed by atoms with Crippen LogP contribution in [0.2, 0.25) is 0 Å². The first kappa shape index (κ1) is 13.7. The summed E-state index contributed by atoms with van der Waals surface area (Å²) in [6.07, 6.45) is 2.95. The van der Waals surface area contributed by atoms with Crippen LogP contribution in [0, 0.1) is 0 Å². The van der Waals surface area contributed by atoms with Crippen molar-refractivity contribution in [1.29, 1.82) is 0 Å². The number of nitrogens with one attached hydrogen (secondary N) is 1. The second-order valence-electron chi connectivity index (χ2n) is 5.43. The van der Waals surface area contributed by atoms with Crippen LogP contribution >= 0.6 is 11.3 Å². The molecule has 20 heavy (non-hydrogen) atoms. The lowest BCUT2D eigenvalue weighted by molar-refractivity contribution is 0.171. The highest BCUT2D eigenvalue weighted by Gasteiger charge is 2.26. The Morgan fingerprint density at radius 3 is 2.85 bits per heavy atom. The lowest BCUT2D eigenvalue weighted by Gasteiger charge is -2.11. The van der Waals surface area contributed by atoms with E-state index in [1.165, 1.54) is 23.4 Å². The molecule has 106 valence electrons. The van der Waals surface area contributed by atoms with Gasteiger partial charge in [-0.25, -0.2) is 4.98 Å². The summed E-state index contributed by atoms with van der Waals surface area (Å²) >= 11 is 1.77. The summed E-state index contributed by atoms with van der Waals surface area (Å²) in [4.78, 5) is 4.63. The van der Waals surface area contributed by atoms with Gasteiger partial charge in [-0.1, -0.05) is 30.3 Å². The Kier molecular flexibility index (Phi) is 4.45. The van der Waals surface area contributed by atoms with Crippen molar-refractivity contribution in [2.45, 2.75) is 37.8 Å². The predicted octanol–water partition coefficient (Wildman–Crippen LogP) is 2.71. The Hall–Kier alpha value is -1.23. The average molecular weight is 288 g/mol. The van der Waals surface area contributed by atoms with Crippen LogP contribution in [0.3, 0.4) is 0 Å². The normalized spacial score (nSPS) is 16.2. The molecule has 2 aromatic rings. The number of hydrogen-bond acceptors (Lipinski definition) is 4. The summed E-state index contributed by atoms with van der Waals surface area (Å²) < 4.78 is 0. The lowest BCUT2D eigenvalue weighted by atomic mass is 10.1. The van der Waals surface area contributed by atoms with Crippen molar-refractivity contribution >= 4 is 11.3 Å². The standard InChI is InChI=1S/C16H20N2OS/c19-15(8-12-4-2-1-3-5-12)10-17-9-14-11-20-16(18-14)13-6-7-13/h1-5,11,13,15,17,19H,6-10H2. The second kappa shape index (κ2) is 6.48. The molecule has 1 atom stereocenters. The van der Waals surface area contributed by atoms with Crippen LogP contribution < -0.4 is 5.32 Å². The van der Waals surface area contributed by atoms with Crippen molar-refractivity contribution in [1.82, 2.24) is 10.3 Å². The Balaban J connectivity index is 1.40. The molecule has 1 aliphatic carbocycles. The van der Waals surface area contributed by atoms with Gasteiger partial charge in [0.2, 0.25) is 0 Å². The van der Waals surface area contributed by atoms with Gasteiger partial charge in [-0.3, -0.25) is 0 Å². The minimum absolute atomic E-state index is 0.348. The number of nitrogens with zero attached hydrogens (tertiary/aromatic N) is 1. The largest absolute Gasteiger partial charge is 0.391 e. The number of benzene rings is 1. The molecule has 0 saturated heterocycles. The minimum atomic E-state index is -0.348. The van der Waals surface area contributed by atoms with Crippen molar-refractivity contribution in [3.8, 4) is 0 Å². The summed E-state index contributed by atoms with van der Waals surface area (Å²) in [5, 5.41) is 16.7. The maximum Gasteiger partial charge on any atom is 0.0959 e. The first-order valence-electron chi connectivity index (χ1n) is 7.18. The molecule has 0 bridgehead atoms. The maximum absolute atomic E-state index is 10.0. The number of aromatic nitrogens is 1. The Morgan fingerprint density at radius 2 is 2.10 bits per heavy atom.